The average molecular weight is 642 g/mol. The lowest BCUT2D eigenvalue weighted by molar-refractivity contribution is 1.07. The zero-order valence-corrected chi connectivity index (χ0v) is 26.8. The zero-order chi connectivity index (χ0) is 32.6. The minimum atomic E-state index is 0. The standard InChI is InChI=1S/C46H31N3.CH4/c1-4-13-32(14-5-1)38-21-11-23-40-41-24-12-22-39(43(41)30-42(38)40)37-20-10-19-36(29-37)31-25-27-35(28-26-31)46-48-44(33-15-6-2-7-16-33)47-45(49-46)34-17-8-3-9-18-34;/h1-29H,30H2;1H4. The number of hydrogen-bond donors (Lipinski definition) is 0. The van der Waals surface area contributed by atoms with Crippen LogP contribution in [0.15, 0.2) is 176 Å². The SMILES string of the molecule is C.c1ccc(-c2nc(-c3ccccc3)nc(-c3ccc(-c4cccc(-c5cccc6c5Cc5c(-c7ccccc7)cccc5-6)c4)cc3)n2)cc1. The first kappa shape index (κ1) is 30.9. The minimum Gasteiger partial charge on any atom is -0.208 e. The van der Waals surface area contributed by atoms with Crippen molar-refractivity contribution in [2.24, 2.45) is 0 Å². The maximum Gasteiger partial charge on any atom is 0.164 e. The molecule has 0 saturated heterocycles. The molecule has 3 nitrogen and oxygen atoms in total. The smallest absolute Gasteiger partial charge is 0.164 e. The van der Waals surface area contributed by atoms with Crippen LogP contribution >= 0.6 is 0 Å². The first-order valence-electron chi connectivity index (χ1n) is 16.7. The number of aromatic nitrogens is 3. The Bertz CT molecular complexity index is 2380. The van der Waals surface area contributed by atoms with Crippen molar-refractivity contribution < 1.29 is 0 Å². The molecule has 0 saturated carbocycles. The molecule has 0 unspecified atom stereocenters. The van der Waals surface area contributed by atoms with Gasteiger partial charge in [0.05, 0.1) is 0 Å². The van der Waals surface area contributed by atoms with Crippen molar-refractivity contribution in [2.75, 3.05) is 0 Å². The van der Waals surface area contributed by atoms with Crippen LogP contribution in [0, 0.1) is 0 Å². The molecule has 0 spiro atoms. The minimum absolute atomic E-state index is 0. The second-order valence-corrected chi connectivity index (χ2v) is 12.4. The Balaban J connectivity index is 0.00000361. The van der Waals surface area contributed by atoms with Crippen molar-refractivity contribution in [1.82, 2.24) is 15.0 Å². The molecule has 50 heavy (non-hydrogen) atoms. The molecule has 0 fully saturated rings. The van der Waals surface area contributed by atoms with Gasteiger partial charge in [-0.3, -0.25) is 0 Å². The van der Waals surface area contributed by atoms with E-state index in [-0.39, 0.29) is 7.43 Å². The maximum atomic E-state index is 4.91. The Morgan fingerprint density at radius 3 is 1.16 bits per heavy atom. The molecule has 1 heterocycles. The molecule has 238 valence electrons. The Hall–Kier alpha value is -6.45. The topological polar surface area (TPSA) is 38.7 Å². The number of benzene rings is 7. The van der Waals surface area contributed by atoms with E-state index in [1.807, 2.05) is 60.7 Å². The molecule has 0 atom stereocenters. The molecule has 0 amide bonds. The van der Waals surface area contributed by atoms with Gasteiger partial charge in [-0.2, -0.15) is 0 Å². The Labute approximate surface area is 293 Å². The van der Waals surface area contributed by atoms with E-state index in [0.29, 0.717) is 17.5 Å². The third kappa shape index (κ3) is 5.69. The van der Waals surface area contributed by atoms with E-state index in [0.717, 1.165) is 28.7 Å². The first-order valence-corrected chi connectivity index (χ1v) is 16.7. The van der Waals surface area contributed by atoms with Gasteiger partial charge in [-0.1, -0.05) is 177 Å². The van der Waals surface area contributed by atoms with E-state index >= 15 is 0 Å². The fraction of sp³-hybridized carbons (Fsp3) is 0.0426. The third-order valence-electron chi connectivity index (χ3n) is 9.43. The van der Waals surface area contributed by atoms with Gasteiger partial charge >= 0.3 is 0 Å². The molecule has 0 radical (unpaired) electrons. The van der Waals surface area contributed by atoms with Crippen molar-refractivity contribution in [3.8, 4) is 78.7 Å². The van der Waals surface area contributed by atoms with E-state index in [2.05, 4.69) is 115 Å². The van der Waals surface area contributed by atoms with E-state index in [1.54, 1.807) is 0 Å². The number of nitrogens with zero attached hydrogens (tertiary/aromatic N) is 3. The lowest BCUT2D eigenvalue weighted by Gasteiger charge is -2.12. The van der Waals surface area contributed by atoms with Crippen LogP contribution in [0.25, 0.3) is 78.7 Å². The summed E-state index contributed by atoms with van der Waals surface area (Å²) in [7, 11) is 0. The summed E-state index contributed by atoms with van der Waals surface area (Å²) in [5.41, 5.74) is 15.8. The molecule has 8 aromatic rings. The van der Waals surface area contributed by atoms with Crippen LogP contribution in [-0.2, 0) is 6.42 Å². The Morgan fingerprint density at radius 1 is 0.280 bits per heavy atom. The van der Waals surface area contributed by atoms with Crippen molar-refractivity contribution in [2.45, 2.75) is 13.8 Å². The average Bonchev–Trinajstić information content (AvgIpc) is 3.58. The molecule has 0 bridgehead atoms. The summed E-state index contributed by atoms with van der Waals surface area (Å²) in [5.74, 6) is 1.98. The molecule has 0 N–H and O–H groups in total. The molecular formula is C47H35N3. The van der Waals surface area contributed by atoms with Crippen molar-refractivity contribution in [3.05, 3.63) is 187 Å². The van der Waals surface area contributed by atoms with Gasteiger partial charge in [0.25, 0.3) is 0 Å². The second kappa shape index (κ2) is 13.2. The van der Waals surface area contributed by atoms with Crippen molar-refractivity contribution >= 4 is 0 Å². The molecule has 1 aromatic heterocycles. The summed E-state index contributed by atoms with van der Waals surface area (Å²) in [4.78, 5) is 14.7. The van der Waals surface area contributed by atoms with E-state index in [1.165, 1.54) is 50.1 Å². The largest absolute Gasteiger partial charge is 0.208 e. The summed E-state index contributed by atoms with van der Waals surface area (Å²) < 4.78 is 0. The fourth-order valence-corrected chi connectivity index (χ4v) is 7.01. The summed E-state index contributed by atoms with van der Waals surface area (Å²) in [6.07, 6.45) is 0.923. The number of fused-ring (bicyclic) bond motifs is 3. The Kier molecular flexibility index (Phi) is 8.16. The van der Waals surface area contributed by atoms with Crippen LogP contribution in [0.5, 0.6) is 0 Å². The van der Waals surface area contributed by atoms with E-state index in [9.17, 15) is 0 Å². The molecule has 9 rings (SSSR count). The van der Waals surface area contributed by atoms with Gasteiger partial charge < -0.3 is 0 Å². The van der Waals surface area contributed by atoms with Gasteiger partial charge in [0, 0.05) is 16.7 Å². The quantitative estimate of drug-likeness (QED) is 0.181. The van der Waals surface area contributed by atoms with Gasteiger partial charge in [0.15, 0.2) is 17.5 Å². The van der Waals surface area contributed by atoms with Crippen molar-refractivity contribution in [3.63, 3.8) is 0 Å². The molecular weight excluding hydrogens is 607 g/mol. The monoisotopic (exact) mass is 641 g/mol. The van der Waals surface area contributed by atoms with Crippen LogP contribution in [0.1, 0.15) is 18.6 Å². The van der Waals surface area contributed by atoms with Gasteiger partial charge in [-0.15, -0.1) is 0 Å². The predicted octanol–water partition coefficient (Wildman–Crippen LogP) is 12.1. The highest BCUT2D eigenvalue weighted by molar-refractivity contribution is 5.90. The van der Waals surface area contributed by atoms with Crippen LogP contribution in [0.3, 0.4) is 0 Å². The summed E-state index contributed by atoms with van der Waals surface area (Å²) >= 11 is 0. The highest BCUT2D eigenvalue weighted by Crippen LogP contribution is 2.45. The van der Waals surface area contributed by atoms with Gasteiger partial charge in [0.1, 0.15) is 0 Å². The molecule has 1 aliphatic carbocycles. The first-order chi connectivity index (χ1) is 24.3. The number of hydrogen-bond acceptors (Lipinski definition) is 3. The normalized spacial score (nSPS) is 11.4. The third-order valence-corrected chi connectivity index (χ3v) is 9.43. The van der Waals surface area contributed by atoms with Crippen LogP contribution in [-0.4, -0.2) is 15.0 Å². The van der Waals surface area contributed by atoms with Gasteiger partial charge in [-0.05, 0) is 68.1 Å². The summed E-state index contributed by atoms with van der Waals surface area (Å²) in [6, 6.07) is 61.8. The molecule has 7 aromatic carbocycles. The lowest BCUT2D eigenvalue weighted by atomic mass is 9.93. The zero-order valence-electron chi connectivity index (χ0n) is 26.8. The van der Waals surface area contributed by atoms with Crippen molar-refractivity contribution in [1.29, 1.82) is 0 Å². The van der Waals surface area contributed by atoms with Crippen LogP contribution < -0.4 is 0 Å². The van der Waals surface area contributed by atoms with E-state index in [4.69, 9.17) is 15.0 Å². The summed E-state index contributed by atoms with van der Waals surface area (Å²) in [5, 5.41) is 0. The predicted molar refractivity (Wildman–Crippen MR) is 207 cm³/mol. The second-order valence-electron chi connectivity index (χ2n) is 12.4. The molecule has 0 aliphatic heterocycles. The van der Waals surface area contributed by atoms with E-state index < -0.39 is 0 Å². The summed E-state index contributed by atoms with van der Waals surface area (Å²) in [6.45, 7) is 0. The van der Waals surface area contributed by atoms with Gasteiger partial charge in [-0.25, -0.2) is 15.0 Å². The lowest BCUT2D eigenvalue weighted by Crippen LogP contribution is -2.00. The highest BCUT2D eigenvalue weighted by atomic mass is 15.0. The molecule has 1 aliphatic rings. The van der Waals surface area contributed by atoms with Gasteiger partial charge in [0.2, 0.25) is 0 Å². The van der Waals surface area contributed by atoms with Crippen LogP contribution in [0.2, 0.25) is 0 Å². The maximum absolute atomic E-state index is 4.91. The molecule has 3 heteroatoms. The highest BCUT2D eigenvalue weighted by Gasteiger charge is 2.24. The fourth-order valence-electron chi connectivity index (χ4n) is 7.01. The Morgan fingerprint density at radius 2 is 0.640 bits per heavy atom. The number of rotatable bonds is 6. The van der Waals surface area contributed by atoms with Crippen LogP contribution in [0.4, 0.5) is 0 Å².